The van der Waals surface area contributed by atoms with Gasteiger partial charge in [-0.3, -0.25) is 0 Å². The second-order valence-electron chi connectivity index (χ2n) is 2.27. The van der Waals surface area contributed by atoms with Gasteiger partial charge in [-0.2, -0.15) is 0 Å². The minimum Gasteiger partial charge on any atom is -0.444 e. The van der Waals surface area contributed by atoms with E-state index in [9.17, 15) is 4.21 Å². The molecule has 0 aliphatic carbocycles. The Hall–Kier alpha value is -0.450. The minimum absolute atomic E-state index is 0.427. The number of aryl methyl sites for hydroxylation is 1. The average Bonchev–Trinajstić information content (AvgIpc) is 2.06. The van der Waals surface area contributed by atoms with E-state index >= 15 is 0 Å². The molecule has 0 aliphatic heterocycles. The van der Waals surface area contributed by atoms with Crippen molar-refractivity contribution in [3.63, 3.8) is 0 Å². The highest BCUT2D eigenvalue weighted by molar-refractivity contribution is 8.19. The van der Waals surface area contributed by atoms with Crippen LogP contribution in [0.15, 0.2) is 30.3 Å². The van der Waals surface area contributed by atoms with Gasteiger partial charge in [0.05, 0.1) is 0 Å². The maximum Gasteiger partial charge on any atom is 0.0228 e. The maximum absolute atomic E-state index is 9.75. The third-order valence-electron chi connectivity index (χ3n) is 1.15. The summed E-state index contributed by atoms with van der Waals surface area (Å²) in [6.45, 7) is 4.25. The Labute approximate surface area is 85.8 Å². The second kappa shape index (κ2) is 8.16. The lowest BCUT2D eigenvalue weighted by Crippen LogP contribution is -1.80. The molecule has 0 saturated heterocycles. The van der Waals surface area contributed by atoms with Crippen molar-refractivity contribution in [2.45, 2.75) is 13.8 Å². The van der Waals surface area contributed by atoms with E-state index in [1.165, 1.54) is 5.56 Å². The largest absolute Gasteiger partial charge is 0.444 e. The van der Waals surface area contributed by atoms with E-state index in [0.717, 1.165) is 0 Å². The van der Waals surface area contributed by atoms with Crippen LogP contribution in [0.2, 0.25) is 0 Å². The summed E-state index contributed by atoms with van der Waals surface area (Å²) in [7, 11) is -1.48. The first-order valence-electron chi connectivity index (χ1n) is 3.91. The van der Waals surface area contributed by atoms with E-state index in [1.54, 1.807) is 6.92 Å². The molecule has 0 spiro atoms. The Morgan fingerprint density at radius 1 is 1.38 bits per heavy atom. The molecule has 2 nitrogen and oxygen atoms in total. The molecule has 0 amide bonds. The third kappa shape index (κ3) is 9.46. The van der Waals surface area contributed by atoms with Gasteiger partial charge in [0.1, 0.15) is 0 Å². The van der Waals surface area contributed by atoms with Crippen molar-refractivity contribution in [1.82, 2.24) is 0 Å². The van der Waals surface area contributed by atoms with Crippen LogP contribution in [0.4, 0.5) is 0 Å². The van der Waals surface area contributed by atoms with Gasteiger partial charge in [-0.1, -0.05) is 45.5 Å². The van der Waals surface area contributed by atoms with Crippen LogP contribution >= 0.6 is 0 Å². The summed E-state index contributed by atoms with van der Waals surface area (Å²) in [4.78, 5) is 0. The van der Waals surface area contributed by atoms with E-state index < -0.39 is 9.64 Å². The van der Waals surface area contributed by atoms with Crippen molar-refractivity contribution in [2.75, 3.05) is 6.61 Å². The van der Waals surface area contributed by atoms with Crippen LogP contribution in [0.5, 0.6) is 0 Å². The molecule has 1 rings (SSSR count). The van der Waals surface area contributed by atoms with Gasteiger partial charge in [-0.15, -0.1) is 0 Å². The molecule has 0 radical (unpaired) electrons. The smallest absolute Gasteiger partial charge is 0.0228 e. The molecule has 13 heavy (non-hydrogen) atoms. The van der Waals surface area contributed by atoms with Crippen molar-refractivity contribution >= 4 is 20.8 Å². The zero-order chi connectivity index (χ0) is 10.1. The highest BCUT2D eigenvalue weighted by atomic mass is 32.8. The zero-order valence-electron chi connectivity index (χ0n) is 7.73. The summed E-state index contributed by atoms with van der Waals surface area (Å²) < 4.78 is 14.1. The predicted octanol–water partition coefficient (Wildman–Crippen LogP) is 2.36. The molecule has 0 aromatic heterocycles. The van der Waals surface area contributed by atoms with E-state index in [0.29, 0.717) is 6.61 Å². The number of benzene rings is 1. The fourth-order valence-corrected chi connectivity index (χ4v) is 1.11. The Bertz CT molecular complexity index is 273. The molecule has 0 unspecified atom stereocenters. The molecular formula is C9H13O2S2-. The Morgan fingerprint density at radius 3 is 2.08 bits per heavy atom. The SMILES string of the molecule is CCO[S-](=O)=S.Cc1ccccc1. The van der Waals surface area contributed by atoms with Crippen LogP contribution in [0.25, 0.3) is 0 Å². The third-order valence-corrected chi connectivity index (χ3v) is 1.87. The Kier molecular flexibility index (Phi) is 7.88. The van der Waals surface area contributed by atoms with E-state index in [4.69, 9.17) is 0 Å². The van der Waals surface area contributed by atoms with Gasteiger partial charge < -0.3 is 8.39 Å². The lowest BCUT2D eigenvalue weighted by Gasteiger charge is -1.94. The highest BCUT2D eigenvalue weighted by Gasteiger charge is 1.72. The zero-order valence-corrected chi connectivity index (χ0v) is 9.36. The Balaban J connectivity index is 0.000000226. The molecule has 0 N–H and O–H groups in total. The summed E-state index contributed by atoms with van der Waals surface area (Å²) in [5, 5.41) is 0. The van der Waals surface area contributed by atoms with Gasteiger partial charge in [0.2, 0.25) is 0 Å². The van der Waals surface area contributed by atoms with Crippen molar-refractivity contribution in [3.05, 3.63) is 35.9 Å². The molecule has 0 atom stereocenters. The average molecular weight is 217 g/mol. The van der Waals surface area contributed by atoms with E-state index in [1.807, 2.05) is 18.2 Å². The molecule has 0 saturated carbocycles. The fourth-order valence-electron chi connectivity index (χ4n) is 0.631. The van der Waals surface area contributed by atoms with Crippen LogP contribution in [0, 0.1) is 6.92 Å². The first kappa shape index (κ1) is 12.6. The second-order valence-corrected chi connectivity index (χ2v) is 3.73. The van der Waals surface area contributed by atoms with Crippen molar-refractivity contribution in [2.24, 2.45) is 0 Å². The lowest BCUT2D eigenvalue weighted by atomic mass is 10.2. The summed E-state index contributed by atoms with van der Waals surface area (Å²) in [6.07, 6.45) is 0. The molecular weight excluding hydrogens is 204 g/mol. The van der Waals surface area contributed by atoms with Crippen LogP contribution < -0.4 is 0 Å². The van der Waals surface area contributed by atoms with Crippen molar-refractivity contribution in [3.8, 4) is 0 Å². The molecule has 1 aromatic carbocycles. The number of hydrogen-bond acceptors (Lipinski definition) is 4. The van der Waals surface area contributed by atoms with Gasteiger partial charge in [0.25, 0.3) is 0 Å². The van der Waals surface area contributed by atoms with Crippen LogP contribution in [0.3, 0.4) is 0 Å². The molecule has 0 bridgehead atoms. The first-order chi connectivity index (χ1) is 6.16. The van der Waals surface area contributed by atoms with Gasteiger partial charge in [-0.05, 0) is 13.8 Å². The molecule has 0 aliphatic rings. The highest BCUT2D eigenvalue weighted by Crippen LogP contribution is 1.92. The van der Waals surface area contributed by atoms with Gasteiger partial charge in [-0.25, -0.2) is 11.2 Å². The fraction of sp³-hybridized carbons (Fsp3) is 0.333. The van der Waals surface area contributed by atoms with E-state index in [-0.39, 0.29) is 0 Å². The molecule has 0 heterocycles. The summed E-state index contributed by atoms with van der Waals surface area (Å²) >= 11 is 4.13. The standard InChI is InChI=1S/C7H8.C2H5O2S2/c1-7-5-3-2-4-6-7;1-2-4-6(3)5/h2-6H,1H3;2H2,1H3/q;-1. The monoisotopic (exact) mass is 217 g/mol. The van der Waals surface area contributed by atoms with Crippen molar-refractivity contribution < 1.29 is 8.39 Å². The van der Waals surface area contributed by atoms with E-state index in [2.05, 4.69) is 34.4 Å². The van der Waals surface area contributed by atoms with Crippen LogP contribution in [0.1, 0.15) is 12.5 Å². The number of rotatable bonds is 2. The quantitative estimate of drug-likeness (QED) is 0.711. The minimum atomic E-state index is -1.48. The molecule has 74 valence electrons. The van der Waals surface area contributed by atoms with Gasteiger partial charge in [0.15, 0.2) is 0 Å². The summed E-state index contributed by atoms with van der Waals surface area (Å²) in [5.74, 6) is 0. The lowest BCUT2D eigenvalue weighted by molar-refractivity contribution is 0.374. The normalized spacial score (nSPS) is 9.15. The molecule has 0 fully saturated rings. The molecule has 1 aromatic rings. The molecule has 4 heteroatoms. The van der Waals surface area contributed by atoms with Crippen LogP contribution in [-0.2, 0) is 29.2 Å². The van der Waals surface area contributed by atoms with Gasteiger partial charge in [0, 0.05) is 6.61 Å². The number of hydrogen-bond donors (Lipinski definition) is 0. The van der Waals surface area contributed by atoms with Crippen molar-refractivity contribution in [1.29, 1.82) is 0 Å². The summed E-state index contributed by atoms with van der Waals surface area (Å²) in [5.41, 5.74) is 1.32. The van der Waals surface area contributed by atoms with Crippen LogP contribution in [-0.4, -0.2) is 6.61 Å². The topological polar surface area (TPSA) is 26.3 Å². The maximum atomic E-state index is 9.75. The van der Waals surface area contributed by atoms with Gasteiger partial charge >= 0.3 is 0 Å². The first-order valence-corrected chi connectivity index (χ1v) is 5.91. The Morgan fingerprint density at radius 2 is 1.92 bits per heavy atom. The predicted molar refractivity (Wildman–Crippen MR) is 58.2 cm³/mol. The summed E-state index contributed by atoms with van der Waals surface area (Å²) in [6, 6.07) is 10.3.